The van der Waals surface area contributed by atoms with E-state index in [4.69, 9.17) is 5.26 Å². The molecule has 0 radical (unpaired) electrons. The van der Waals surface area contributed by atoms with Gasteiger partial charge in [0.05, 0.1) is 11.1 Å². The number of alkyl halides is 3. The van der Waals surface area contributed by atoms with Crippen LogP contribution in [-0.2, 0) is 6.18 Å². The number of hydrogen-bond donors (Lipinski definition) is 0. The van der Waals surface area contributed by atoms with Crippen LogP contribution in [0.5, 0.6) is 0 Å². The van der Waals surface area contributed by atoms with Gasteiger partial charge < -0.3 is 0 Å². The van der Waals surface area contributed by atoms with E-state index in [1.807, 2.05) is 0 Å². The van der Waals surface area contributed by atoms with E-state index in [1.54, 1.807) is 36.4 Å². The van der Waals surface area contributed by atoms with Crippen molar-refractivity contribution in [3.63, 3.8) is 0 Å². The van der Waals surface area contributed by atoms with Gasteiger partial charge >= 0.3 is 6.18 Å². The van der Waals surface area contributed by atoms with Crippen molar-refractivity contribution in [3.8, 4) is 17.2 Å². The summed E-state index contributed by atoms with van der Waals surface area (Å²) >= 11 is 0. The van der Waals surface area contributed by atoms with Crippen molar-refractivity contribution in [3.05, 3.63) is 59.7 Å². The molecule has 0 heterocycles. The molecule has 0 aliphatic rings. The summed E-state index contributed by atoms with van der Waals surface area (Å²) in [5, 5.41) is 8.97. The summed E-state index contributed by atoms with van der Waals surface area (Å²) in [6.45, 7) is 0. The second-order valence-electron chi connectivity index (χ2n) is 3.70. The minimum Gasteiger partial charge on any atom is -0.192 e. The Morgan fingerprint density at radius 3 is 2.05 bits per heavy atom. The van der Waals surface area contributed by atoms with Gasteiger partial charge in [-0.3, -0.25) is 0 Å². The van der Waals surface area contributed by atoms with Crippen molar-refractivity contribution >= 4 is 12.4 Å². The third-order valence-electron chi connectivity index (χ3n) is 2.57. The third kappa shape index (κ3) is 3.07. The van der Waals surface area contributed by atoms with Gasteiger partial charge in [-0.15, -0.1) is 12.4 Å². The van der Waals surface area contributed by atoms with Crippen LogP contribution in [0.2, 0.25) is 0 Å². The quantitative estimate of drug-likeness (QED) is 0.746. The van der Waals surface area contributed by atoms with Crippen molar-refractivity contribution in [2.24, 2.45) is 0 Å². The van der Waals surface area contributed by atoms with Gasteiger partial charge in [-0.1, -0.05) is 42.5 Å². The molecule has 98 valence electrons. The van der Waals surface area contributed by atoms with Crippen LogP contribution in [0.25, 0.3) is 11.1 Å². The lowest BCUT2D eigenvalue weighted by Crippen LogP contribution is -2.08. The summed E-state index contributed by atoms with van der Waals surface area (Å²) in [4.78, 5) is 0. The fourth-order valence-electron chi connectivity index (χ4n) is 1.77. The Kier molecular flexibility index (Phi) is 4.57. The molecule has 0 N–H and O–H groups in total. The molecule has 0 saturated carbocycles. The highest BCUT2D eigenvalue weighted by atomic mass is 35.5. The summed E-state index contributed by atoms with van der Waals surface area (Å²) in [5.74, 6) is 0. The lowest BCUT2D eigenvalue weighted by atomic mass is 9.96. The zero-order valence-electron chi connectivity index (χ0n) is 9.61. The monoisotopic (exact) mass is 283 g/mol. The Labute approximate surface area is 114 Å². The normalized spacial score (nSPS) is 10.4. The summed E-state index contributed by atoms with van der Waals surface area (Å²) in [6, 6.07) is 14.0. The molecular weight excluding hydrogens is 275 g/mol. The highest BCUT2D eigenvalue weighted by Gasteiger charge is 2.34. The average molecular weight is 284 g/mol. The largest absolute Gasteiger partial charge is 0.417 e. The van der Waals surface area contributed by atoms with Gasteiger partial charge in [0.2, 0.25) is 0 Å². The van der Waals surface area contributed by atoms with Gasteiger partial charge in [-0.2, -0.15) is 18.4 Å². The smallest absolute Gasteiger partial charge is 0.192 e. The fraction of sp³-hybridized carbons (Fsp3) is 0.0714. The Morgan fingerprint density at radius 1 is 0.895 bits per heavy atom. The molecule has 0 aliphatic heterocycles. The molecule has 0 saturated heterocycles. The SMILES string of the molecule is Cl.N#Cc1c(-c2ccccc2)cccc1C(F)(F)F. The first-order chi connectivity index (χ1) is 8.54. The standard InChI is InChI=1S/C14H8F3N.ClH/c15-14(16,17)13-8-4-7-11(12(13)9-18)10-5-2-1-3-6-10;/h1-8H;1H. The molecule has 0 bridgehead atoms. The molecule has 0 aliphatic carbocycles. The maximum atomic E-state index is 12.8. The Bertz CT molecular complexity index is 600. The predicted molar refractivity (Wildman–Crippen MR) is 68.8 cm³/mol. The lowest BCUT2D eigenvalue weighted by molar-refractivity contribution is -0.137. The second-order valence-corrected chi connectivity index (χ2v) is 3.70. The molecular formula is C14H9ClF3N. The van der Waals surface area contributed by atoms with E-state index < -0.39 is 11.7 Å². The maximum Gasteiger partial charge on any atom is 0.417 e. The molecule has 0 unspecified atom stereocenters. The van der Waals surface area contributed by atoms with Crippen molar-refractivity contribution in [1.82, 2.24) is 0 Å². The van der Waals surface area contributed by atoms with Gasteiger partial charge in [0.25, 0.3) is 0 Å². The van der Waals surface area contributed by atoms with E-state index >= 15 is 0 Å². The molecule has 2 aromatic carbocycles. The molecule has 1 nitrogen and oxygen atoms in total. The van der Waals surface area contributed by atoms with Gasteiger partial charge in [0.1, 0.15) is 6.07 Å². The first-order valence-electron chi connectivity index (χ1n) is 5.20. The zero-order chi connectivity index (χ0) is 13.2. The first-order valence-corrected chi connectivity index (χ1v) is 5.20. The highest BCUT2D eigenvalue weighted by molar-refractivity contribution is 5.85. The van der Waals surface area contributed by atoms with Gasteiger partial charge in [-0.05, 0) is 11.6 Å². The van der Waals surface area contributed by atoms with Crippen LogP contribution in [0.4, 0.5) is 13.2 Å². The Morgan fingerprint density at radius 2 is 1.53 bits per heavy atom. The first kappa shape index (κ1) is 15.1. The van der Waals surface area contributed by atoms with Crippen LogP contribution >= 0.6 is 12.4 Å². The molecule has 2 rings (SSSR count). The second kappa shape index (κ2) is 5.77. The van der Waals surface area contributed by atoms with E-state index in [9.17, 15) is 13.2 Å². The zero-order valence-corrected chi connectivity index (χ0v) is 10.4. The molecule has 19 heavy (non-hydrogen) atoms. The minimum atomic E-state index is -4.52. The van der Waals surface area contributed by atoms with Crippen molar-refractivity contribution < 1.29 is 13.2 Å². The molecule has 0 spiro atoms. The summed E-state index contributed by atoms with van der Waals surface area (Å²) < 4.78 is 38.3. The van der Waals surface area contributed by atoms with E-state index in [0.717, 1.165) is 6.07 Å². The molecule has 0 fully saturated rings. The van der Waals surface area contributed by atoms with Gasteiger partial charge in [0.15, 0.2) is 0 Å². The van der Waals surface area contributed by atoms with Crippen LogP contribution in [0.3, 0.4) is 0 Å². The third-order valence-corrected chi connectivity index (χ3v) is 2.57. The van der Waals surface area contributed by atoms with Crippen LogP contribution < -0.4 is 0 Å². The average Bonchev–Trinajstić information content (AvgIpc) is 2.37. The number of nitriles is 1. The summed E-state index contributed by atoms with van der Waals surface area (Å²) in [7, 11) is 0. The summed E-state index contributed by atoms with van der Waals surface area (Å²) in [5.41, 5.74) is -0.337. The van der Waals surface area contributed by atoms with Crippen molar-refractivity contribution in [2.45, 2.75) is 6.18 Å². The van der Waals surface area contributed by atoms with Crippen LogP contribution in [0, 0.1) is 11.3 Å². The number of nitrogens with zero attached hydrogens (tertiary/aromatic N) is 1. The van der Waals surface area contributed by atoms with Crippen LogP contribution in [-0.4, -0.2) is 0 Å². The van der Waals surface area contributed by atoms with Crippen molar-refractivity contribution in [2.75, 3.05) is 0 Å². The maximum absolute atomic E-state index is 12.8. The Hall–Kier alpha value is -1.99. The molecule has 0 amide bonds. The lowest BCUT2D eigenvalue weighted by Gasteiger charge is -2.12. The Balaban J connectivity index is 0.00000180. The van der Waals surface area contributed by atoms with E-state index in [2.05, 4.69) is 0 Å². The minimum absolute atomic E-state index is 0. The number of hydrogen-bond acceptors (Lipinski definition) is 1. The molecule has 0 aromatic heterocycles. The van der Waals surface area contributed by atoms with E-state index in [1.165, 1.54) is 12.1 Å². The van der Waals surface area contributed by atoms with Gasteiger partial charge in [0, 0.05) is 5.56 Å². The van der Waals surface area contributed by atoms with E-state index in [0.29, 0.717) is 11.1 Å². The van der Waals surface area contributed by atoms with Crippen LogP contribution in [0.15, 0.2) is 48.5 Å². The summed E-state index contributed by atoms with van der Waals surface area (Å²) in [6.07, 6.45) is -4.52. The molecule has 2 aromatic rings. The number of halogens is 4. The number of benzene rings is 2. The molecule has 0 atom stereocenters. The predicted octanol–water partition coefficient (Wildman–Crippen LogP) is 4.67. The highest BCUT2D eigenvalue weighted by Crippen LogP contribution is 2.36. The molecule has 5 heteroatoms. The van der Waals surface area contributed by atoms with Crippen LogP contribution in [0.1, 0.15) is 11.1 Å². The fourth-order valence-corrected chi connectivity index (χ4v) is 1.77. The topological polar surface area (TPSA) is 23.8 Å². The number of rotatable bonds is 1. The van der Waals surface area contributed by atoms with E-state index in [-0.39, 0.29) is 18.0 Å². The van der Waals surface area contributed by atoms with Crippen molar-refractivity contribution in [1.29, 1.82) is 5.26 Å². The van der Waals surface area contributed by atoms with Gasteiger partial charge in [-0.25, -0.2) is 0 Å².